The van der Waals surface area contributed by atoms with Crippen molar-refractivity contribution in [3.05, 3.63) is 29.8 Å². The van der Waals surface area contributed by atoms with Crippen molar-refractivity contribution in [2.24, 2.45) is 11.7 Å². The molecule has 0 unspecified atom stereocenters. The minimum Gasteiger partial charge on any atom is -0.369 e. The van der Waals surface area contributed by atoms with E-state index in [1.165, 1.54) is 5.56 Å². The summed E-state index contributed by atoms with van der Waals surface area (Å²) in [6.45, 7) is 3.82. The number of anilines is 1. The van der Waals surface area contributed by atoms with Gasteiger partial charge in [0.1, 0.15) is 0 Å². The standard InChI is InChI=1S/C16H23N3O2/c1-2-12-5-7-14(8-6-12)18-15(20)11-19-9-3-4-13(10-19)16(17)21/h5-8,13H,2-4,9-11H2,1H3,(H2,17,21)(H,18,20)/t13-/m0/s1. The van der Waals surface area contributed by atoms with Gasteiger partial charge in [-0.3, -0.25) is 14.5 Å². The second-order valence-corrected chi connectivity index (χ2v) is 5.58. The lowest BCUT2D eigenvalue weighted by atomic mass is 9.97. The third-order valence-corrected chi connectivity index (χ3v) is 3.92. The molecule has 114 valence electrons. The number of carbonyl (C=O) groups is 2. The predicted molar refractivity (Wildman–Crippen MR) is 82.8 cm³/mol. The number of rotatable bonds is 5. The van der Waals surface area contributed by atoms with E-state index >= 15 is 0 Å². The quantitative estimate of drug-likeness (QED) is 0.860. The molecule has 1 aliphatic heterocycles. The van der Waals surface area contributed by atoms with Crippen LogP contribution in [0.4, 0.5) is 5.69 Å². The lowest BCUT2D eigenvalue weighted by molar-refractivity contribution is -0.125. The number of nitrogens with one attached hydrogen (secondary N) is 1. The number of likely N-dealkylation sites (tertiary alicyclic amines) is 1. The zero-order valence-corrected chi connectivity index (χ0v) is 12.5. The molecule has 0 saturated carbocycles. The molecule has 2 rings (SSSR count). The Hall–Kier alpha value is -1.88. The molecule has 3 N–H and O–H groups in total. The molecular formula is C16H23N3O2. The third kappa shape index (κ3) is 4.56. The SMILES string of the molecule is CCc1ccc(NC(=O)CN2CCC[C@H](C(N)=O)C2)cc1. The highest BCUT2D eigenvalue weighted by Crippen LogP contribution is 2.16. The summed E-state index contributed by atoms with van der Waals surface area (Å²) < 4.78 is 0. The van der Waals surface area contributed by atoms with Gasteiger partial charge in [0.2, 0.25) is 11.8 Å². The molecular weight excluding hydrogens is 266 g/mol. The van der Waals surface area contributed by atoms with Crippen LogP contribution in [0.2, 0.25) is 0 Å². The maximum atomic E-state index is 12.0. The molecule has 1 aromatic rings. The lowest BCUT2D eigenvalue weighted by Gasteiger charge is -2.30. The minimum atomic E-state index is -0.268. The summed E-state index contributed by atoms with van der Waals surface area (Å²) in [4.78, 5) is 25.3. The molecule has 1 heterocycles. The van der Waals surface area contributed by atoms with Crippen molar-refractivity contribution in [3.8, 4) is 0 Å². The molecule has 5 heteroatoms. The van der Waals surface area contributed by atoms with Gasteiger partial charge >= 0.3 is 0 Å². The second-order valence-electron chi connectivity index (χ2n) is 5.58. The van der Waals surface area contributed by atoms with Crippen LogP contribution in [0.25, 0.3) is 0 Å². The van der Waals surface area contributed by atoms with Crippen molar-refractivity contribution in [2.75, 3.05) is 25.0 Å². The maximum Gasteiger partial charge on any atom is 0.238 e. The Bertz CT molecular complexity index is 499. The summed E-state index contributed by atoms with van der Waals surface area (Å²) in [6.07, 6.45) is 2.72. The van der Waals surface area contributed by atoms with E-state index in [9.17, 15) is 9.59 Å². The summed E-state index contributed by atoms with van der Waals surface area (Å²) in [5.74, 6) is -0.449. The fourth-order valence-corrected chi connectivity index (χ4v) is 2.66. The van der Waals surface area contributed by atoms with Gasteiger partial charge in [-0.1, -0.05) is 19.1 Å². The first-order chi connectivity index (χ1) is 10.1. The maximum absolute atomic E-state index is 12.0. The molecule has 0 radical (unpaired) electrons. The monoisotopic (exact) mass is 289 g/mol. The Morgan fingerprint density at radius 3 is 2.67 bits per heavy atom. The molecule has 0 spiro atoms. The zero-order valence-electron chi connectivity index (χ0n) is 12.5. The Balaban J connectivity index is 1.84. The third-order valence-electron chi connectivity index (χ3n) is 3.92. The number of nitrogens with zero attached hydrogens (tertiary/aromatic N) is 1. The molecule has 1 aliphatic rings. The Morgan fingerprint density at radius 2 is 2.05 bits per heavy atom. The number of aryl methyl sites for hydroxylation is 1. The Kier molecular flexibility index (Phi) is 5.33. The van der Waals surface area contributed by atoms with E-state index in [1.807, 2.05) is 29.2 Å². The first-order valence-electron chi connectivity index (χ1n) is 7.49. The van der Waals surface area contributed by atoms with E-state index in [4.69, 9.17) is 5.73 Å². The van der Waals surface area contributed by atoms with Gasteiger partial charge in [-0.15, -0.1) is 0 Å². The number of hydrogen-bond donors (Lipinski definition) is 2. The molecule has 0 aromatic heterocycles. The molecule has 21 heavy (non-hydrogen) atoms. The highest BCUT2D eigenvalue weighted by atomic mass is 16.2. The number of amides is 2. The van der Waals surface area contributed by atoms with Gasteiger partial charge in [-0.25, -0.2) is 0 Å². The van der Waals surface area contributed by atoms with Crippen molar-refractivity contribution in [3.63, 3.8) is 0 Å². The fraction of sp³-hybridized carbons (Fsp3) is 0.500. The molecule has 1 fully saturated rings. The van der Waals surface area contributed by atoms with Gasteiger partial charge in [0.15, 0.2) is 0 Å². The average molecular weight is 289 g/mol. The second kappa shape index (κ2) is 7.22. The van der Waals surface area contributed by atoms with Crippen molar-refractivity contribution in [2.45, 2.75) is 26.2 Å². The molecule has 5 nitrogen and oxygen atoms in total. The van der Waals surface area contributed by atoms with Gasteiger partial charge in [0, 0.05) is 12.2 Å². The molecule has 1 saturated heterocycles. The van der Waals surface area contributed by atoms with Crippen molar-refractivity contribution in [1.29, 1.82) is 0 Å². The number of primary amides is 1. The molecule has 0 aliphatic carbocycles. The fourth-order valence-electron chi connectivity index (χ4n) is 2.66. The average Bonchev–Trinajstić information content (AvgIpc) is 2.48. The lowest BCUT2D eigenvalue weighted by Crippen LogP contribution is -2.44. The molecule has 1 aromatic carbocycles. The van der Waals surface area contributed by atoms with E-state index in [-0.39, 0.29) is 17.7 Å². The zero-order chi connectivity index (χ0) is 15.2. The van der Waals surface area contributed by atoms with Crippen LogP contribution >= 0.6 is 0 Å². The Labute approximate surface area is 125 Å². The summed E-state index contributed by atoms with van der Waals surface area (Å²) in [6, 6.07) is 7.86. The summed E-state index contributed by atoms with van der Waals surface area (Å²) in [5.41, 5.74) is 7.39. The number of nitrogens with two attached hydrogens (primary N) is 1. The van der Waals surface area contributed by atoms with Gasteiger partial charge in [0.25, 0.3) is 0 Å². The number of piperidine rings is 1. The largest absolute Gasteiger partial charge is 0.369 e. The van der Waals surface area contributed by atoms with E-state index in [0.717, 1.165) is 31.5 Å². The van der Waals surface area contributed by atoms with Crippen molar-refractivity contribution >= 4 is 17.5 Å². The smallest absolute Gasteiger partial charge is 0.238 e. The Morgan fingerprint density at radius 1 is 1.33 bits per heavy atom. The molecule has 1 atom stereocenters. The summed E-state index contributed by atoms with van der Waals surface area (Å²) in [5, 5.41) is 2.89. The first kappa shape index (κ1) is 15.5. The van der Waals surface area contributed by atoms with Gasteiger partial charge in [0.05, 0.1) is 12.5 Å². The van der Waals surface area contributed by atoms with Crippen LogP contribution in [-0.4, -0.2) is 36.3 Å². The van der Waals surface area contributed by atoms with Crippen molar-refractivity contribution in [1.82, 2.24) is 4.90 Å². The van der Waals surface area contributed by atoms with Crippen LogP contribution in [0.1, 0.15) is 25.3 Å². The van der Waals surface area contributed by atoms with Crippen LogP contribution in [0.15, 0.2) is 24.3 Å². The number of benzene rings is 1. The van der Waals surface area contributed by atoms with Crippen LogP contribution < -0.4 is 11.1 Å². The molecule has 2 amide bonds. The van der Waals surface area contributed by atoms with Crippen LogP contribution in [0.5, 0.6) is 0 Å². The number of carbonyl (C=O) groups excluding carboxylic acids is 2. The number of hydrogen-bond acceptors (Lipinski definition) is 3. The van der Waals surface area contributed by atoms with Crippen LogP contribution in [0, 0.1) is 5.92 Å². The van der Waals surface area contributed by atoms with E-state index in [1.54, 1.807) is 0 Å². The van der Waals surface area contributed by atoms with Gasteiger partial charge < -0.3 is 11.1 Å². The summed E-state index contributed by atoms with van der Waals surface area (Å²) in [7, 11) is 0. The van der Waals surface area contributed by atoms with Crippen LogP contribution in [0.3, 0.4) is 0 Å². The minimum absolute atomic E-state index is 0.0515. The highest BCUT2D eigenvalue weighted by molar-refractivity contribution is 5.92. The van der Waals surface area contributed by atoms with E-state index in [2.05, 4.69) is 12.2 Å². The first-order valence-corrected chi connectivity index (χ1v) is 7.49. The molecule has 0 bridgehead atoms. The van der Waals surface area contributed by atoms with Crippen molar-refractivity contribution < 1.29 is 9.59 Å². The topological polar surface area (TPSA) is 75.4 Å². The van der Waals surface area contributed by atoms with E-state index in [0.29, 0.717) is 13.1 Å². The van der Waals surface area contributed by atoms with Crippen LogP contribution in [-0.2, 0) is 16.0 Å². The highest BCUT2D eigenvalue weighted by Gasteiger charge is 2.25. The van der Waals surface area contributed by atoms with Gasteiger partial charge in [-0.2, -0.15) is 0 Å². The predicted octanol–water partition coefficient (Wildman–Crippen LogP) is 1.38. The van der Waals surface area contributed by atoms with Gasteiger partial charge in [-0.05, 0) is 43.5 Å². The van der Waals surface area contributed by atoms with E-state index < -0.39 is 0 Å². The summed E-state index contributed by atoms with van der Waals surface area (Å²) >= 11 is 0. The normalized spacial score (nSPS) is 19.2.